The number of hydrogen-bond acceptors (Lipinski definition) is 5. The Morgan fingerprint density at radius 3 is 2.63 bits per heavy atom. The van der Waals surface area contributed by atoms with E-state index in [0.717, 1.165) is 5.57 Å². The van der Waals surface area contributed by atoms with Crippen LogP contribution in [0.25, 0.3) is 0 Å². The summed E-state index contributed by atoms with van der Waals surface area (Å²) in [5.41, 5.74) is 0.755. The third kappa shape index (κ3) is 4.98. The summed E-state index contributed by atoms with van der Waals surface area (Å²) in [6.07, 6.45) is 5.56. The minimum Gasteiger partial charge on any atom is -0.396 e. The summed E-state index contributed by atoms with van der Waals surface area (Å²) in [7, 11) is -2.26. The van der Waals surface area contributed by atoms with Crippen LogP contribution >= 0.6 is 0 Å². The molecule has 0 aromatic carbocycles. The van der Waals surface area contributed by atoms with Crippen LogP contribution in [-0.4, -0.2) is 36.0 Å². The van der Waals surface area contributed by atoms with Gasteiger partial charge in [-0.2, -0.15) is 0 Å². The summed E-state index contributed by atoms with van der Waals surface area (Å²) in [6, 6.07) is 1.22. The zero-order valence-corrected chi connectivity index (χ0v) is 16.6. The number of sulfonamides is 1. The highest BCUT2D eigenvalue weighted by Gasteiger charge is 2.54. The number of anilines is 2. The summed E-state index contributed by atoms with van der Waals surface area (Å²) in [6.45, 7) is 3.14. The molecule has 0 atom stereocenters. The van der Waals surface area contributed by atoms with Crippen LogP contribution in [-0.2, 0) is 17.1 Å². The Morgan fingerprint density at radius 2 is 2.07 bits per heavy atom. The van der Waals surface area contributed by atoms with Crippen molar-refractivity contribution in [3.8, 4) is 0 Å². The van der Waals surface area contributed by atoms with E-state index < -0.39 is 20.6 Å². The number of nitrogens with zero attached hydrogens (tertiary/aromatic N) is 1. The molecule has 1 fully saturated rings. The molecule has 2 rings (SSSR count). The molecule has 0 aliphatic heterocycles. The predicted molar refractivity (Wildman–Crippen MR) is 105 cm³/mol. The molecule has 0 bridgehead atoms. The fourth-order valence-electron chi connectivity index (χ4n) is 2.67. The Balaban J connectivity index is 2.28. The molecule has 150 valence electrons. The number of aliphatic hydroxyl groups is 1. The number of hydrogen-bond donors (Lipinski definition) is 3. The van der Waals surface area contributed by atoms with Gasteiger partial charge < -0.3 is 15.0 Å². The molecular weight excluding hydrogens is 373 g/mol. The maximum Gasteiger partial charge on any atom is 0.252 e. The van der Waals surface area contributed by atoms with Crippen LogP contribution in [0.2, 0.25) is 0 Å². The molecule has 7 nitrogen and oxygen atoms in total. The first kappa shape index (κ1) is 21.2. The molecule has 0 unspecified atom stereocenters. The smallest absolute Gasteiger partial charge is 0.252 e. The number of allylic oxidation sites excluding steroid dienone is 3. The monoisotopic (exact) mass is 399 g/mol. The van der Waals surface area contributed by atoms with Crippen molar-refractivity contribution in [2.75, 3.05) is 23.2 Å². The standard InChI is InChI=1S/C18H26FN3O4S/c1-4-13(2)9-14(19)11-20-15-10-17(24)22(3)12-16(15)21-27(25,26)18(5-6-18)7-8-23/h4,9-10,12,20-21,23H,5-8,11H2,1-3H3/b13-4-,14-9+. The van der Waals surface area contributed by atoms with E-state index in [-0.39, 0.29) is 36.5 Å². The molecule has 1 aromatic heterocycles. The summed E-state index contributed by atoms with van der Waals surface area (Å²) in [4.78, 5) is 11.9. The molecule has 0 spiro atoms. The number of aromatic nitrogens is 1. The Kier molecular flexibility index (Phi) is 6.48. The Bertz CT molecular complexity index is 915. The summed E-state index contributed by atoms with van der Waals surface area (Å²) in [5.74, 6) is -0.445. The molecule has 0 amide bonds. The molecule has 9 heteroatoms. The van der Waals surface area contributed by atoms with Gasteiger partial charge in [-0.15, -0.1) is 0 Å². The average Bonchev–Trinajstić information content (AvgIpc) is 3.38. The van der Waals surface area contributed by atoms with Gasteiger partial charge in [-0.05, 0) is 39.2 Å². The molecule has 1 aliphatic carbocycles. The van der Waals surface area contributed by atoms with Gasteiger partial charge in [-0.3, -0.25) is 9.52 Å². The quantitative estimate of drug-likeness (QED) is 0.553. The average molecular weight is 399 g/mol. The number of rotatable bonds is 9. The van der Waals surface area contributed by atoms with E-state index in [0.29, 0.717) is 12.8 Å². The van der Waals surface area contributed by atoms with Crippen LogP contribution < -0.4 is 15.6 Å². The second-order valence-corrected chi connectivity index (χ2v) is 8.87. The van der Waals surface area contributed by atoms with Crippen LogP contribution in [0, 0.1) is 0 Å². The van der Waals surface area contributed by atoms with Gasteiger partial charge in [0.25, 0.3) is 5.56 Å². The van der Waals surface area contributed by atoms with E-state index in [2.05, 4.69) is 10.0 Å². The van der Waals surface area contributed by atoms with Crippen LogP contribution in [0.4, 0.5) is 15.8 Å². The lowest BCUT2D eigenvalue weighted by Gasteiger charge is -2.19. The molecular formula is C18H26FN3O4S. The highest BCUT2D eigenvalue weighted by molar-refractivity contribution is 7.94. The van der Waals surface area contributed by atoms with E-state index in [1.54, 1.807) is 19.9 Å². The highest BCUT2D eigenvalue weighted by Crippen LogP contribution is 2.47. The van der Waals surface area contributed by atoms with Gasteiger partial charge in [0.1, 0.15) is 5.83 Å². The molecule has 1 aromatic rings. The van der Waals surface area contributed by atoms with Crippen molar-refractivity contribution >= 4 is 21.4 Å². The molecule has 1 saturated carbocycles. The van der Waals surface area contributed by atoms with Gasteiger partial charge in [-0.1, -0.05) is 11.6 Å². The zero-order valence-electron chi connectivity index (χ0n) is 15.8. The van der Waals surface area contributed by atoms with Crippen LogP contribution in [0.5, 0.6) is 0 Å². The number of nitrogens with one attached hydrogen (secondary N) is 2. The maximum absolute atomic E-state index is 14.0. The molecule has 0 saturated heterocycles. The van der Waals surface area contributed by atoms with Gasteiger partial charge in [0, 0.05) is 25.9 Å². The summed E-state index contributed by atoms with van der Waals surface area (Å²) >= 11 is 0. The van der Waals surface area contributed by atoms with E-state index in [9.17, 15) is 17.6 Å². The highest BCUT2D eigenvalue weighted by atomic mass is 32.2. The normalized spacial score (nSPS) is 16.9. The molecule has 1 aliphatic rings. The number of pyridine rings is 1. The van der Waals surface area contributed by atoms with E-state index in [1.165, 1.54) is 30.0 Å². The second-order valence-electron chi connectivity index (χ2n) is 6.79. The van der Waals surface area contributed by atoms with Crippen molar-refractivity contribution in [1.29, 1.82) is 0 Å². The van der Waals surface area contributed by atoms with Gasteiger partial charge >= 0.3 is 0 Å². The second kappa shape index (κ2) is 8.26. The van der Waals surface area contributed by atoms with Crippen LogP contribution in [0.3, 0.4) is 0 Å². The summed E-state index contributed by atoms with van der Waals surface area (Å²) < 4.78 is 42.2. The Morgan fingerprint density at radius 1 is 1.41 bits per heavy atom. The maximum atomic E-state index is 14.0. The first-order valence-corrected chi connectivity index (χ1v) is 10.2. The largest absolute Gasteiger partial charge is 0.396 e. The number of aryl methyl sites for hydroxylation is 1. The minimum atomic E-state index is -3.76. The minimum absolute atomic E-state index is 0.150. The van der Waals surface area contributed by atoms with Gasteiger partial charge in [0.2, 0.25) is 10.0 Å². The van der Waals surface area contributed by atoms with Crippen molar-refractivity contribution in [3.05, 3.63) is 46.2 Å². The van der Waals surface area contributed by atoms with E-state index in [1.807, 2.05) is 0 Å². The van der Waals surface area contributed by atoms with Crippen molar-refractivity contribution in [2.24, 2.45) is 7.05 Å². The zero-order chi connectivity index (χ0) is 20.2. The molecule has 1 heterocycles. The summed E-state index contributed by atoms with van der Waals surface area (Å²) in [5, 5.41) is 11.9. The van der Waals surface area contributed by atoms with Gasteiger partial charge in [0.15, 0.2) is 0 Å². The molecule has 0 radical (unpaired) electrons. The van der Waals surface area contributed by atoms with Crippen molar-refractivity contribution in [1.82, 2.24) is 4.57 Å². The van der Waals surface area contributed by atoms with Crippen LogP contribution in [0.1, 0.15) is 33.1 Å². The lowest BCUT2D eigenvalue weighted by molar-refractivity contribution is 0.283. The first-order chi connectivity index (χ1) is 12.6. The molecule has 3 N–H and O–H groups in total. The number of aliphatic hydroxyl groups excluding tert-OH is 1. The number of halogens is 1. The van der Waals surface area contributed by atoms with Gasteiger partial charge in [-0.25, -0.2) is 12.8 Å². The van der Waals surface area contributed by atoms with E-state index >= 15 is 0 Å². The topological polar surface area (TPSA) is 100 Å². The fraction of sp³-hybridized carbons (Fsp3) is 0.500. The SMILES string of the molecule is C/C=C(C)\C=C(\F)CNc1cc(=O)n(C)cc1NS(=O)(=O)C1(CCO)CC1. The Hall–Kier alpha value is -2.13. The van der Waals surface area contributed by atoms with Gasteiger partial charge in [0.05, 0.1) is 22.7 Å². The van der Waals surface area contributed by atoms with Crippen LogP contribution in [0.15, 0.2) is 40.6 Å². The van der Waals surface area contributed by atoms with Crippen molar-refractivity contribution < 1.29 is 17.9 Å². The third-order valence-corrected chi connectivity index (χ3v) is 6.95. The van der Waals surface area contributed by atoms with E-state index in [4.69, 9.17) is 5.11 Å². The van der Waals surface area contributed by atoms with Crippen molar-refractivity contribution in [2.45, 2.75) is 37.9 Å². The lowest BCUT2D eigenvalue weighted by Crippen LogP contribution is -2.31. The Labute approximate surface area is 158 Å². The predicted octanol–water partition coefficient (Wildman–Crippen LogP) is 2.27. The fourth-order valence-corrected chi connectivity index (χ4v) is 4.34. The third-order valence-electron chi connectivity index (χ3n) is 4.71. The molecule has 27 heavy (non-hydrogen) atoms. The lowest BCUT2D eigenvalue weighted by atomic mass is 10.2. The van der Waals surface area contributed by atoms with Crippen molar-refractivity contribution in [3.63, 3.8) is 0 Å². The first-order valence-electron chi connectivity index (χ1n) is 8.71.